The third kappa shape index (κ3) is 5.78. The Labute approximate surface area is 255 Å². The minimum absolute atomic E-state index is 0.148. The van der Waals surface area contributed by atoms with Crippen LogP contribution in [0.1, 0.15) is 103 Å². The van der Waals surface area contributed by atoms with Crippen molar-refractivity contribution in [2.45, 2.75) is 99.0 Å². The standard InChI is InChI=1S/C35H48N2O6/c1-21(2)22(3)7-8-23(4)30-11-12-31-29-10-9-25-19-28(13-15-34(25,5)32(29)14-16-35(30,31)6)43-33(38)24-17-26(36(39)40)20-27(18-24)37(41)42/h7-8,10,17-18,20-23,25,28,30-32H,9,11-16,19H2,1-6H3/b8-7+/t22-,23+,25+,28+,30-,31+,32-,34+,35-/m0/s1. The van der Waals surface area contributed by atoms with Crippen molar-refractivity contribution in [1.82, 2.24) is 0 Å². The van der Waals surface area contributed by atoms with Gasteiger partial charge < -0.3 is 4.74 Å². The first-order valence-electron chi connectivity index (χ1n) is 16.3. The minimum atomic E-state index is -0.733. The van der Waals surface area contributed by atoms with Crippen LogP contribution in [0.4, 0.5) is 11.4 Å². The van der Waals surface area contributed by atoms with Gasteiger partial charge in [0.2, 0.25) is 0 Å². The van der Waals surface area contributed by atoms with Crippen molar-refractivity contribution in [3.8, 4) is 0 Å². The molecular weight excluding hydrogens is 544 g/mol. The van der Waals surface area contributed by atoms with Crippen molar-refractivity contribution >= 4 is 17.3 Å². The molecule has 8 heteroatoms. The van der Waals surface area contributed by atoms with E-state index in [9.17, 15) is 25.0 Å². The highest BCUT2D eigenvalue weighted by molar-refractivity contribution is 5.91. The van der Waals surface area contributed by atoms with Crippen molar-refractivity contribution in [3.05, 3.63) is 67.8 Å². The molecule has 234 valence electrons. The van der Waals surface area contributed by atoms with Crippen molar-refractivity contribution < 1.29 is 19.4 Å². The largest absolute Gasteiger partial charge is 0.459 e. The maximum Gasteiger partial charge on any atom is 0.338 e. The van der Waals surface area contributed by atoms with E-state index in [-0.39, 0.29) is 17.1 Å². The topological polar surface area (TPSA) is 113 Å². The number of carbonyl (C=O) groups excluding carboxylic acids is 1. The van der Waals surface area contributed by atoms with Crippen LogP contribution in [0.25, 0.3) is 0 Å². The Kier molecular flexibility index (Phi) is 8.62. The van der Waals surface area contributed by atoms with E-state index >= 15 is 0 Å². The van der Waals surface area contributed by atoms with E-state index in [4.69, 9.17) is 4.74 Å². The molecule has 0 bridgehead atoms. The SMILES string of the molecule is CC(C)[C@@H](C)/C=C/[C@@H](C)[C@@H]1CC[C@@H]2C3=CC[C@@H]4C[C@H](OC(=O)c5cc([N+](=O)[O-])cc([N+](=O)[O-])c5)CC[C@@]4(C)[C@H]3CC[C@]21C. The third-order valence-electron chi connectivity index (χ3n) is 12.3. The number of ether oxygens (including phenoxy) is 1. The predicted molar refractivity (Wildman–Crippen MR) is 166 cm³/mol. The Morgan fingerprint density at radius 2 is 1.53 bits per heavy atom. The number of esters is 1. The smallest absolute Gasteiger partial charge is 0.338 e. The Bertz CT molecular complexity index is 1300. The highest BCUT2D eigenvalue weighted by Gasteiger charge is 2.58. The molecule has 0 radical (unpaired) electrons. The highest BCUT2D eigenvalue weighted by Crippen LogP contribution is 2.67. The lowest BCUT2D eigenvalue weighted by Crippen LogP contribution is -2.50. The second-order valence-electron chi connectivity index (χ2n) is 14.9. The van der Waals surface area contributed by atoms with Gasteiger partial charge in [-0.1, -0.05) is 65.3 Å². The van der Waals surface area contributed by atoms with Gasteiger partial charge in [-0.15, -0.1) is 0 Å². The number of nitrogens with zero attached hydrogens (tertiary/aromatic N) is 2. The molecule has 9 atom stereocenters. The van der Waals surface area contributed by atoms with Crippen LogP contribution in [0.15, 0.2) is 42.0 Å². The number of nitro benzene ring substituents is 2. The van der Waals surface area contributed by atoms with Crippen molar-refractivity contribution in [3.63, 3.8) is 0 Å². The molecule has 3 fully saturated rings. The maximum atomic E-state index is 13.0. The molecule has 1 aromatic carbocycles. The molecule has 5 rings (SSSR count). The van der Waals surface area contributed by atoms with E-state index in [0.717, 1.165) is 43.9 Å². The molecular formula is C35H48N2O6. The Hall–Kier alpha value is -3.03. The molecule has 0 N–H and O–H groups in total. The van der Waals surface area contributed by atoms with Crippen molar-refractivity contribution in [2.75, 3.05) is 0 Å². The fourth-order valence-electron chi connectivity index (χ4n) is 9.33. The number of nitro groups is 2. The van der Waals surface area contributed by atoms with Gasteiger partial charge in [-0.3, -0.25) is 20.2 Å². The molecule has 43 heavy (non-hydrogen) atoms. The summed E-state index contributed by atoms with van der Waals surface area (Å²) in [4.78, 5) is 34.1. The Balaban J connectivity index is 1.28. The number of hydrogen-bond acceptors (Lipinski definition) is 6. The van der Waals surface area contributed by atoms with Crippen LogP contribution in [0.3, 0.4) is 0 Å². The van der Waals surface area contributed by atoms with Gasteiger partial charge in [0.25, 0.3) is 11.4 Å². The van der Waals surface area contributed by atoms with Crippen LogP contribution in [-0.4, -0.2) is 21.9 Å². The number of fused-ring (bicyclic) bond motifs is 5. The summed E-state index contributed by atoms with van der Waals surface area (Å²) in [6, 6.07) is 2.99. The fourth-order valence-corrected chi connectivity index (χ4v) is 9.33. The third-order valence-corrected chi connectivity index (χ3v) is 12.3. The van der Waals surface area contributed by atoms with Crippen molar-refractivity contribution in [1.29, 1.82) is 0 Å². The summed E-state index contributed by atoms with van der Waals surface area (Å²) in [6.07, 6.45) is 15.6. The minimum Gasteiger partial charge on any atom is -0.459 e. The summed E-state index contributed by atoms with van der Waals surface area (Å²) in [5.74, 6) is 3.42. The van der Waals surface area contributed by atoms with Crippen LogP contribution >= 0.6 is 0 Å². The van der Waals surface area contributed by atoms with Gasteiger partial charge in [0.1, 0.15) is 6.10 Å². The average Bonchev–Trinajstić information content (AvgIpc) is 3.32. The van der Waals surface area contributed by atoms with Gasteiger partial charge in [0.05, 0.1) is 21.5 Å². The Morgan fingerprint density at radius 3 is 2.16 bits per heavy atom. The molecule has 4 aliphatic rings. The highest BCUT2D eigenvalue weighted by atomic mass is 16.6. The second kappa shape index (κ2) is 11.8. The molecule has 0 spiro atoms. The van der Waals surface area contributed by atoms with E-state index in [1.165, 1.54) is 25.7 Å². The zero-order chi connectivity index (χ0) is 31.3. The lowest BCUT2D eigenvalue weighted by Gasteiger charge is -2.58. The first-order valence-corrected chi connectivity index (χ1v) is 16.3. The molecule has 1 aromatic rings. The fraction of sp³-hybridized carbons (Fsp3) is 0.686. The van der Waals surface area contributed by atoms with Gasteiger partial charge in [-0.25, -0.2) is 4.79 Å². The number of benzene rings is 1. The number of carbonyl (C=O) groups is 1. The first-order chi connectivity index (χ1) is 20.2. The average molecular weight is 593 g/mol. The van der Waals surface area contributed by atoms with Gasteiger partial charge in [-0.05, 0) is 104 Å². The maximum absolute atomic E-state index is 13.0. The van der Waals surface area contributed by atoms with Gasteiger partial charge in [0.15, 0.2) is 0 Å². The van der Waals surface area contributed by atoms with Crippen molar-refractivity contribution in [2.24, 2.45) is 52.3 Å². The summed E-state index contributed by atoms with van der Waals surface area (Å²) < 4.78 is 5.85. The molecule has 3 saturated carbocycles. The van der Waals surface area contributed by atoms with E-state index in [1.54, 1.807) is 5.57 Å². The number of non-ortho nitro benzene ring substituents is 2. The van der Waals surface area contributed by atoms with Crippen LogP contribution in [0, 0.1) is 72.5 Å². The quantitative estimate of drug-likeness (QED) is 0.129. The number of rotatable bonds is 8. The number of allylic oxidation sites excluding steroid dienone is 4. The molecule has 0 heterocycles. The molecule has 0 aliphatic heterocycles. The van der Waals surface area contributed by atoms with Gasteiger partial charge in [-0.2, -0.15) is 0 Å². The molecule has 0 saturated heterocycles. The van der Waals surface area contributed by atoms with Crippen LogP contribution in [0.5, 0.6) is 0 Å². The molecule has 0 amide bonds. The normalized spacial score (nSPS) is 35.0. The summed E-state index contributed by atoms with van der Waals surface area (Å²) in [7, 11) is 0. The van der Waals surface area contributed by atoms with Crippen LogP contribution in [-0.2, 0) is 4.74 Å². The molecule has 0 aromatic heterocycles. The van der Waals surface area contributed by atoms with Crippen LogP contribution < -0.4 is 0 Å². The Morgan fingerprint density at radius 1 is 0.907 bits per heavy atom. The molecule has 0 unspecified atom stereocenters. The van der Waals surface area contributed by atoms with Crippen LogP contribution in [0.2, 0.25) is 0 Å². The first kappa shape index (κ1) is 31.4. The zero-order valence-electron chi connectivity index (χ0n) is 26.6. The lowest BCUT2D eigenvalue weighted by atomic mass is 9.47. The van der Waals surface area contributed by atoms with E-state index in [1.807, 2.05) is 0 Å². The lowest BCUT2D eigenvalue weighted by molar-refractivity contribution is -0.394. The van der Waals surface area contributed by atoms with E-state index < -0.39 is 27.2 Å². The van der Waals surface area contributed by atoms with E-state index in [0.29, 0.717) is 46.8 Å². The summed E-state index contributed by atoms with van der Waals surface area (Å²) in [5.41, 5.74) is 1.07. The monoisotopic (exact) mass is 592 g/mol. The second-order valence-corrected chi connectivity index (χ2v) is 14.9. The van der Waals surface area contributed by atoms with Gasteiger partial charge in [0, 0.05) is 12.1 Å². The zero-order valence-corrected chi connectivity index (χ0v) is 26.6. The summed E-state index contributed by atoms with van der Waals surface area (Å²) >= 11 is 0. The predicted octanol–water partition coefficient (Wildman–Crippen LogP) is 9.09. The number of hydrogen-bond donors (Lipinski definition) is 0. The summed E-state index contributed by atoms with van der Waals surface area (Å²) in [5, 5.41) is 22.6. The molecule has 4 aliphatic carbocycles. The van der Waals surface area contributed by atoms with Gasteiger partial charge >= 0.3 is 5.97 Å². The molecule has 8 nitrogen and oxygen atoms in total. The summed E-state index contributed by atoms with van der Waals surface area (Å²) in [6.45, 7) is 14.3. The van der Waals surface area contributed by atoms with E-state index in [2.05, 4.69) is 59.8 Å².